The van der Waals surface area contributed by atoms with Crippen LogP contribution in [-0.2, 0) is 4.79 Å². The maximum atomic E-state index is 12.8. The zero-order chi connectivity index (χ0) is 21.8. The van der Waals surface area contributed by atoms with Gasteiger partial charge in [0.2, 0.25) is 5.91 Å². The number of benzene rings is 2. The lowest BCUT2D eigenvalue weighted by molar-refractivity contribution is -0.880. The van der Waals surface area contributed by atoms with Gasteiger partial charge in [0.05, 0.1) is 33.2 Å². The van der Waals surface area contributed by atoms with Gasteiger partial charge in [0, 0.05) is 35.9 Å². The van der Waals surface area contributed by atoms with Gasteiger partial charge in [-0.25, -0.2) is 0 Å². The number of carbonyl (C=O) groups excluding carboxylic acids is 2. The Balaban J connectivity index is 1.28. The number of rotatable bonds is 4. The third kappa shape index (κ3) is 5.07. The van der Waals surface area contributed by atoms with E-state index in [0.29, 0.717) is 25.9 Å². The number of aryl methyl sites for hydroxylation is 1. The predicted molar refractivity (Wildman–Crippen MR) is 124 cm³/mol. The molecule has 2 aromatic carbocycles. The molecule has 0 bridgehead atoms. The van der Waals surface area contributed by atoms with Crippen LogP contribution in [0, 0.1) is 12.8 Å². The number of anilines is 2. The Labute approximate surface area is 184 Å². The van der Waals surface area contributed by atoms with Gasteiger partial charge in [-0.2, -0.15) is 0 Å². The van der Waals surface area contributed by atoms with Crippen molar-refractivity contribution in [3.8, 4) is 0 Å². The van der Waals surface area contributed by atoms with Crippen LogP contribution in [0.4, 0.5) is 11.4 Å². The highest BCUT2D eigenvalue weighted by Gasteiger charge is 2.28. The van der Waals surface area contributed by atoms with Crippen LogP contribution in [0.2, 0.25) is 0 Å². The number of piperazine rings is 1. The largest absolute Gasteiger partial charge is 0.360 e. The topological polar surface area (TPSA) is 57.1 Å². The van der Waals surface area contributed by atoms with Crippen LogP contribution in [0.15, 0.2) is 48.5 Å². The third-order valence-corrected chi connectivity index (χ3v) is 6.65. The number of quaternary nitrogens is 1. The van der Waals surface area contributed by atoms with Crippen molar-refractivity contribution < 1.29 is 14.5 Å². The molecule has 2 N–H and O–H groups in total. The monoisotopic (exact) mass is 421 g/mol. The number of piperidine rings is 1. The van der Waals surface area contributed by atoms with Gasteiger partial charge in [0.15, 0.2) is 0 Å². The lowest BCUT2D eigenvalue weighted by Gasteiger charge is -2.32. The van der Waals surface area contributed by atoms with Crippen molar-refractivity contribution in [3.63, 3.8) is 0 Å². The van der Waals surface area contributed by atoms with E-state index in [2.05, 4.69) is 29.4 Å². The average Bonchev–Trinajstić information content (AvgIpc) is 2.80. The summed E-state index contributed by atoms with van der Waals surface area (Å²) in [5.41, 5.74) is 3.81. The fourth-order valence-electron chi connectivity index (χ4n) is 4.47. The lowest BCUT2D eigenvalue weighted by Crippen LogP contribution is -3.12. The molecule has 2 aliphatic rings. The number of amides is 2. The predicted octanol–water partition coefficient (Wildman–Crippen LogP) is 1.82. The van der Waals surface area contributed by atoms with Gasteiger partial charge in [0.1, 0.15) is 0 Å². The summed E-state index contributed by atoms with van der Waals surface area (Å²) < 4.78 is 0. The van der Waals surface area contributed by atoms with Crippen molar-refractivity contribution in [1.82, 2.24) is 4.90 Å². The molecule has 0 spiro atoms. The van der Waals surface area contributed by atoms with E-state index in [1.165, 1.54) is 5.69 Å². The number of likely N-dealkylation sites (tertiary alicyclic amines) is 1. The molecule has 164 valence electrons. The first kappa shape index (κ1) is 21.4. The lowest BCUT2D eigenvalue weighted by atomic mass is 9.95. The first-order valence-electron chi connectivity index (χ1n) is 11.3. The summed E-state index contributed by atoms with van der Waals surface area (Å²) >= 11 is 0. The second kappa shape index (κ2) is 9.52. The Morgan fingerprint density at radius 1 is 0.935 bits per heavy atom. The summed E-state index contributed by atoms with van der Waals surface area (Å²) in [7, 11) is 2.24. The molecule has 2 aliphatic heterocycles. The molecule has 31 heavy (non-hydrogen) atoms. The van der Waals surface area contributed by atoms with Crippen molar-refractivity contribution in [2.45, 2.75) is 19.8 Å². The Kier molecular flexibility index (Phi) is 6.56. The Morgan fingerprint density at radius 2 is 1.58 bits per heavy atom. The maximum Gasteiger partial charge on any atom is 0.254 e. The number of nitrogens with one attached hydrogen (secondary N) is 2. The Hall–Kier alpha value is -2.86. The van der Waals surface area contributed by atoms with Crippen LogP contribution in [0.1, 0.15) is 28.8 Å². The molecule has 0 aromatic heterocycles. The molecule has 4 rings (SSSR count). The molecule has 2 heterocycles. The minimum absolute atomic E-state index is 0.0544. The summed E-state index contributed by atoms with van der Waals surface area (Å²) in [5, 5.41) is 3.07. The molecule has 6 nitrogen and oxygen atoms in total. The van der Waals surface area contributed by atoms with E-state index in [0.717, 1.165) is 43.0 Å². The second-order valence-electron chi connectivity index (χ2n) is 8.86. The first-order chi connectivity index (χ1) is 15.0. The maximum absolute atomic E-state index is 12.8. The van der Waals surface area contributed by atoms with Gasteiger partial charge in [-0.1, -0.05) is 18.2 Å². The Morgan fingerprint density at radius 3 is 2.23 bits per heavy atom. The van der Waals surface area contributed by atoms with Crippen LogP contribution < -0.4 is 15.1 Å². The van der Waals surface area contributed by atoms with E-state index in [1.807, 2.05) is 48.2 Å². The number of hydrogen-bond donors (Lipinski definition) is 2. The molecule has 2 amide bonds. The molecule has 6 heteroatoms. The summed E-state index contributed by atoms with van der Waals surface area (Å²) in [6, 6.07) is 15.9. The van der Waals surface area contributed by atoms with Gasteiger partial charge < -0.3 is 20.0 Å². The summed E-state index contributed by atoms with van der Waals surface area (Å²) in [4.78, 5) is 31.4. The molecule has 0 atom stereocenters. The molecule has 2 aromatic rings. The van der Waals surface area contributed by atoms with Crippen LogP contribution >= 0.6 is 0 Å². The van der Waals surface area contributed by atoms with E-state index >= 15 is 0 Å². The van der Waals surface area contributed by atoms with Crippen molar-refractivity contribution in [2.24, 2.45) is 5.92 Å². The van der Waals surface area contributed by atoms with Crippen LogP contribution in [0.3, 0.4) is 0 Å². The van der Waals surface area contributed by atoms with Crippen LogP contribution in [0.25, 0.3) is 0 Å². The minimum Gasteiger partial charge on any atom is -0.360 e. The highest BCUT2D eigenvalue weighted by molar-refractivity contribution is 5.96. The van der Waals surface area contributed by atoms with Crippen LogP contribution in [-0.4, -0.2) is 63.0 Å². The number of carbonyl (C=O) groups is 2. The van der Waals surface area contributed by atoms with E-state index < -0.39 is 0 Å². The molecule has 0 radical (unpaired) electrons. The number of likely N-dealkylation sites (N-methyl/N-ethyl adjacent to an activating group) is 1. The standard InChI is InChI=1S/C25H32N4O2/c1-19-5-3-4-6-23(19)25(31)29-13-11-20(12-14-29)24(30)26-21-7-9-22(10-8-21)28-17-15-27(2)16-18-28/h3-10,20H,11-18H2,1-2H3,(H,26,30)/p+1. The molecular formula is C25H33N4O2+. The minimum atomic E-state index is -0.0544. The van der Waals surface area contributed by atoms with Gasteiger partial charge in [-0.05, 0) is 55.7 Å². The van der Waals surface area contributed by atoms with Crippen molar-refractivity contribution >= 4 is 23.2 Å². The smallest absolute Gasteiger partial charge is 0.254 e. The zero-order valence-electron chi connectivity index (χ0n) is 18.6. The van der Waals surface area contributed by atoms with Gasteiger partial charge in [0.25, 0.3) is 5.91 Å². The van der Waals surface area contributed by atoms with E-state index in [9.17, 15) is 9.59 Å². The summed E-state index contributed by atoms with van der Waals surface area (Å²) in [6.07, 6.45) is 1.40. The van der Waals surface area contributed by atoms with E-state index in [-0.39, 0.29) is 17.7 Å². The highest BCUT2D eigenvalue weighted by Crippen LogP contribution is 2.23. The molecule has 2 fully saturated rings. The van der Waals surface area contributed by atoms with Crippen LogP contribution in [0.5, 0.6) is 0 Å². The molecule has 0 unspecified atom stereocenters. The normalized spacial score (nSPS) is 18.1. The van der Waals surface area contributed by atoms with E-state index in [1.54, 1.807) is 4.90 Å². The number of nitrogens with zero attached hydrogens (tertiary/aromatic N) is 2. The van der Waals surface area contributed by atoms with Gasteiger partial charge >= 0.3 is 0 Å². The summed E-state index contributed by atoms with van der Waals surface area (Å²) in [5.74, 6) is 0.0678. The molecule has 0 saturated carbocycles. The molecular weight excluding hydrogens is 388 g/mol. The molecule has 0 aliphatic carbocycles. The fourth-order valence-corrected chi connectivity index (χ4v) is 4.47. The zero-order valence-corrected chi connectivity index (χ0v) is 18.6. The molecule has 2 saturated heterocycles. The number of hydrogen-bond acceptors (Lipinski definition) is 3. The fraction of sp³-hybridized carbons (Fsp3) is 0.440. The van der Waals surface area contributed by atoms with E-state index in [4.69, 9.17) is 0 Å². The summed E-state index contributed by atoms with van der Waals surface area (Å²) in [6.45, 7) is 7.65. The van der Waals surface area contributed by atoms with Crippen molar-refractivity contribution in [2.75, 3.05) is 56.5 Å². The third-order valence-electron chi connectivity index (χ3n) is 6.65. The van der Waals surface area contributed by atoms with Gasteiger partial charge in [-0.3, -0.25) is 9.59 Å². The average molecular weight is 422 g/mol. The van der Waals surface area contributed by atoms with Crippen molar-refractivity contribution in [3.05, 3.63) is 59.7 Å². The van der Waals surface area contributed by atoms with Crippen molar-refractivity contribution in [1.29, 1.82) is 0 Å². The van der Waals surface area contributed by atoms with Gasteiger partial charge in [-0.15, -0.1) is 0 Å². The Bertz CT molecular complexity index is 911. The quantitative estimate of drug-likeness (QED) is 0.792. The first-order valence-corrected chi connectivity index (χ1v) is 11.3. The SMILES string of the molecule is Cc1ccccc1C(=O)N1CCC(C(=O)Nc2ccc(N3CC[NH+](C)CC3)cc2)CC1. The highest BCUT2D eigenvalue weighted by atomic mass is 16.2. The second-order valence-corrected chi connectivity index (χ2v) is 8.86.